The topological polar surface area (TPSA) is 67.4 Å². The standard InChI is InChI=1S/C18H28N2O3/c1-13(2)23-12-6-11-19-16(21)17(22)20-15-9-7-14(8-10-15)18(3,4)5/h7-10,13H,6,11-12H2,1-5H3,(H,19,21)(H,20,22). The molecule has 0 radical (unpaired) electrons. The Bertz CT molecular complexity index is 516. The van der Waals surface area contributed by atoms with Crippen LogP contribution in [0.4, 0.5) is 5.69 Å². The summed E-state index contributed by atoms with van der Waals surface area (Å²) in [7, 11) is 0. The fourth-order valence-electron chi connectivity index (χ4n) is 1.91. The predicted molar refractivity (Wildman–Crippen MR) is 92.5 cm³/mol. The number of hydrogen-bond acceptors (Lipinski definition) is 3. The molecular formula is C18H28N2O3. The van der Waals surface area contributed by atoms with Crippen LogP contribution in [0.2, 0.25) is 0 Å². The lowest BCUT2D eigenvalue weighted by molar-refractivity contribution is -0.136. The van der Waals surface area contributed by atoms with Gasteiger partial charge in [-0.2, -0.15) is 0 Å². The highest BCUT2D eigenvalue weighted by molar-refractivity contribution is 6.39. The number of hydrogen-bond donors (Lipinski definition) is 2. The van der Waals surface area contributed by atoms with E-state index in [4.69, 9.17) is 4.74 Å². The first kappa shape index (κ1) is 19.2. The molecule has 0 unspecified atom stereocenters. The van der Waals surface area contributed by atoms with Gasteiger partial charge in [0.25, 0.3) is 0 Å². The van der Waals surface area contributed by atoms with Crippen molar-refractivity contribution in [1.29, 1.82) is 0 Å². The zero-order chi connectivity index (χ0) is 17.5. The van der Waals surface area contributed by atoms with Crippen LogP contribution in [0, 0.1) is 0 Å². The third-order valence-electron chi connectivity index (χ3n) is 3.27. The second-order valence-corrected chi connectivity index (χ2v) is 6.81. The van der Waals surface area contributed by atoms with Crippen LogP contribution >= 0.6 is 0 Å². The first-order chi connectivity index (χ1) is 10.7. The molecule has 0 aromatic heterocycles. The molecule has 0 aliphatic heterocycles. The van der Waals surface area contributed by atoms with E-state index in [2.05, 4.69) is 31.4 Å². The van der Waals surface area contributed by atoms with Gasteiger partial charge in [-0.05, 0) is 43.4 Å². The minimum Gasteiger partial charge on any atom is -0.379 e. The lowest BCUT2D eigenvalue weighted by Crippen LogP contribution is -2.36. The van der Waals surface area contributed by atoms with E-state index in [9.17, 15) is 9.59 Å². The van der Waals surface area contributed by atoms with Crippen molar-refractivity contribution in [3.8, 4) is 0 Å². The van der Waals surface area contributed by atoms with Gasteiger partial charge in [-0.1, -0.05) is 32.9 Å². The summed E-state index contributed by atoms with van der Waals surface area (Å²) in [4.78, 5) is 23.5. The number of ether oxygens (including phenoxy) is 1. The lowest BCUT2D eigenvalue weighted by atomic mass is 9.87. The van der Waals surface area contributed by atoms with E-state index >= 15 is 0 Å². The molecule has 0 fully saturated rings. The summed E-state index contributed by atoms with van der Waals surface area (Å²) < 4.78 is 5.37. The molecule has 5 nitrogen and oxygen atoms in total. The van der Waals surface area contributed by atoms with Crippen LogP contribution in [0.5, 0.6) is 0 Å². The van der Waals surface area contributed by atoms with Crippen LogP contribution < -0.4 is 10.6 Å². The van der Waals surface area contributed by atoms with Gasteiger partial charge in [0.05, 0.1) is 6.10 Å². The van der Waals surface area contributed by atoms with Gasteiger partial charge in [0.2, 0.25) is 0 Å². The van der Waals surface area contributed by atoms with Crippen LogP contribution in [0.3, 0.4) is 0 Å². The highest BCUT2D eigenvalue weighted by Crippen LogP contribution is 2.23. The lowest BCUT2D eigenvalue weighted by Gasteiger charge is -2.19. The van der Waals surface area contributed by atoms with Crippen LogP contribution in [-0.4, -0.2) is 31.1 Å². The second-order valence-electron chi connectivity index (χ2n) is 6.81. The molecule has 1 rings (SSSR count). The Kier molecular flexibility index (Phi) is 7.23. The molecule has 0 aliphatic rings. The van der Waals surface area contributed by atoms with E-state index in [0.29, 0.717) is 25.3 Å². The summed E-state index contributed by atoms with van der Waals surface area (Å²) in [6, 6.07) is 7.53. The molecule has 2 N–H and O–H groups in total. The number of carbonyl (C=O) groups excluding carboxylic acids is 2. The van der Waals surface area contributed by atoms with Gasteiger partial charge < -0.3 is 15.4 Å². The highest BCUT2D eigenvalue weighted by atomic mass is 16.5. The van der Waals surface area contributed by atoms with E-state index in [1.54, 1.807) is 0 Å². The number of benzene rings is 1. The summed E-state index contributed by atoms with van der Waals surface area (Å²) in [5, 5.41) is 5.18. The first-order valence-corrected chi connectivity index (χ1v) is 8.01. The van der Waals surface area contributed by atoms with Crippen molar-refractivity contribution in [2.24, 2.45) is 0 Å². The van der Waals surface area contributed by atoms with Crippen molar-refractivity contribution in [2.75, 3.05) is 18.5 Å². The molecule has 0 spiro atoms. The fraction of sp³-hybridized carbons (Fsp3) is 0.556. The molecule has 0 bridgehead atoms. The van der Waals surface area contributed by atoms with Gasteiger partial charge >= 0.3 is 11.8 Å². The average molecular weight is 320 g/mol. The van der Waals surface area contributed by atoms with Crippen molar-refractivity contribution >= 4 is 17.5 Å². The number of rotatable bonds is 6. The number of amides is 2. The maximum Gasteiger partial charge on any atom is 0.313 e. The minimum absolute atomic E-state index is 0.0535. The molecule has 2 amide bonds. The average Bonchev–Trinajstić information content (AvgIpc) is 2.46. The van der Waals surface area contributed by atoms with Gasteiger partial charge in [0.15, 0.2) is 0 Å². The van der Waals surface area contributed by atoms with E-state index in [1.165, 1.54) is 5.56 Å². The van der Waals surface area contributed by atoms with Gasteiger partial charge in [0, 0.05) is 18.8 Å². The molecular weight excluding hydrogens is 292 g/mol. The monoisotopic (exact) mass is 320 g/mol. The molecule has 128 valence electrons. The van der Waals surface area contributed by atoms with Crippen LogP contribution in [-0.2, 0) is 19.7 Å². The number of anilines is 1. The van der Waals surface area contributed by atoms with Crippen molar-refractivity contribution in [3.05, 3.63) is 29.8 Å². The van der Waals surface area contributed by atoms with E-state index in [0.717, 1.165) is 0 Å². The van der Waals surface area contributed by atoms with Crippen molar-refractivity contribution in [2.45, 2.75) is 52.6 Å². The summed E-state index contributed by atoms with van der Waals surface area (Å²) in [6.07, 6.45) is 0.849. The smallest absolute Gasteiger partial charge is 0.313 e. The highest BCUT2D eigenvalue weighted by Gasteiger charge is 2.15. The molecule has 0 saturated heterocycles. The largest absolute Gasteiger partial charge is 0.379 e. The Morgan fingerprint density at radius 3 is 2.22 bits per heavy atom. The zero-order valence-electron chi connectivity index (χ0n) is 14.7. The molecule has 0 atom stereocenters. The Balaban J connectivity index is 2.39. The Morgan fingerprint density at radius 1 is 1.09 bits per heavy atom. The maximum absolute atomic E-state index is 11.8. The molecule has 1 aromatic carbocycles. The molecule has 0 heterocycles. The number of nitrogens with one attached hydrogen (secondary N) is 2. The van der Waals surface area contributed by atoms with Gasteiger partial charge in [-0.3, -0.25) is 9.59 Å². The normalized spacial score (nSPS) is 11.4. The summed E-state index contributed by atoms with van der Waals surface area (Å²) in [6.45, 7) is 11.3. The predicted octanol–water partition coefficient (Wildman–Crippen LogP) is 2.85. The van der Waals surface area contributed by atoms with E-state index in [1.807, 2.05) is 38.1 Å². The Hall–Kier alpha value is -1.88. The minimum atomic E-state index is -0.654. The summed E-state index contributed by atoms with van der Waals surface area (Å²) in [5.74, 6) is -1.28. The molecule has 0 saturated carbocycles. The third-order valence-corrected chi connectivity index (χ3v) is 3.27. The van der Waals surface area contributed by atoms with Crippen LogP contribution in [0.1, 0.15) is 46.6 Å². The Labute approximate surface area is 138 Å². The first-order valence-electron chi connectivity index (χ1n) is 8.01. The van der Waals surface area contributed by atoms with Gasteiger partial charge in [-0.25, -0.2) is 0 Å². The van der Waals surface area contributed by atoms with E-state index in [-0.39, 0.29) is 11.5 Å². The molecule has 0 aliphatic carbocycles. The summed E-state index contributed by atoms with van der Waals surface area (Å²) in [5.41, 5.74) is 1.84. The fourth-order valence-corrected chi connectivity index (χ4v) is 1.91. The van der Waals surface area contributed by atoms with Crippen LogP contribution in [0.15, 0.2) is 24.3 Å². The number of carbonyl (C=O) groups is 2. The SMILES string of the molecule is CC(C)OCCCNC(=O)C(=O)Nc1ccc(C(C)(C)C)cc1. The van der Waals surface area contributed by atoms with Crippen LogP contribution in [0.25, 0.3) is 0 Å². The quantitative estimate of drug-likeness (QED) is 0.625. The van der Waals surface area contributed by atoms with Gasteiger partial charge in [0.1, 0.15) is 0 Å². The van der Waals surface area contributed by atoms with E-state index < -0.39 is 11.8 Å². The Morgan fingerprint density at radius 2 is 1.70 bits per heavy atom. The third kappa shape index (κ3) is 7.28. The van der Waals surface area contributed by atoms with Crippen molar-refractivity contribution in [1.82, 2.24) is 5.32 Å². The van der Waals surface area contributed by atoms with Crippen molar-refractivity contribution < 1.29 is 14.3 Å². The molecule has 23 heavy (non-hydrogen) atoms. The van der Waals surface area contributed by atoms with Gasteiger partial charge in [-0.15, -0.1) is 0 Å². The molecule has 1 aromatic rings. The second kappa shape index (κ2) is 8.67. The maximum atomic E-state index is 11.8. The molecule has 5 heteroatoms. The van der Waals surface area contributed by atoms with Crippen molar-refractivity contribution in [3.63, 3.8) is 0 Å². The zero-order valence-corrected chi connectivity index (χ0v) is 14.7. The summed E-state index contributed by atoms with van der Waals surface area (Å²) >= 11 is 0.